The number of nitrogens with one attached hydrogen (secondary N) is 1. The van der Waals surface area contributed by atoms with E-state index in [4.69, 9.17) is 9.47 Å². The van der Waals surface area contributed by atoms with Crippen molar-refractivity contribution in [1.82, 2.24) is 9.80 Å². The molecule has 0 unspecified atom stereocenters. The summed E-state index contributed by atoms with van der Waals surface area (Å²) in [6, 6.07) is 9.76. The lowest BCUT2D eigenvalue weighted by Gasteiger charge is -2.35. The Labute approximate surface area is 205 Å². The van der Waals surface area contributed by atoms with Gasteiger partial charge in [0.25, 0.3) is 11.8 Å². The van der Waals surface area contributed by atoms with Gasteiger partial charge in [0.05, 0.1) is 17.7 Å². The molecule has 0 bridgehead atoms. The largest absolute Gasteiger partial charge is 0.491 e. The number of amides is 3. The fourth-order valence-electron chi connectivity index (χ4n) is 4.10. The fraction of sp³-hybridized carbons (Fsp3) is 0.423. The molecule has 0 fully saturated rings. The third-order valence-electron chi connectivity index (χ3n) is 6.21. The Morgan fingerprint density at radius 3 is 2.43 bits per heavy atom. The van der Waals surface area contributed by atoms with Crippen LogP contribution in [0.1, 0.15) is 41.5 Å². The van der Waals surface area contributed by atoms with Gasteiger partial charge in [0.2, 0.25) is 5.91 Å². The minimum Gasteiger partial charge on any atom is -0.491 e. The second-order valence-corrected chi connectivity index (χ2v) is 8.94. The number of halogens is 1. The molecule has 9 heteroatoms. The Morgan fingerprint density at radius 2 is 1.80 bits per heavy atom. The van der Waals surface area contributed by atoms with Crippen LogP contribution in [0.4, 0.5) is 10.1 Å². The smallest absolute Gasteiger partial charge is 0.257 e. The normalized spacial score (nSPS) is 21.3. The molecule has 188 valence electrons. The number of methoxy groups -OCH3 is 1. The minimum absolute atomic E-state index is 0.0261. The molecule has 0 spiro atoms. The van der Waals surface area contributed by atoms with Crippen molar-refractivity contribution in [3.63, 3.8) is 0 Å². The predicted octanol–water partition coefficient (Wildman–Crippen LogP) is 3.43. The van der Waals surface area contributed by atoms with Crippen molar-refractivity contribution in [2.45, 2.75) is 32.9 Å². The first-order valence-electron chi connectivity index (χ1n) is 11.5. The zero-order valence-electron chi connectivity index (χ0n) is 20.7. The summed E-state index contributed by atoms with van der Waals surface area (Å²) in [6.07, 6.45) is -0.289. The number of fused-ring (bicyclic) bond motifs is 1. The molecular formula is C26H32FN3O5. The topological polar surface area (TPSA) is 88.2 Å². The van der Waals surface area contributed by atoms with Crippen LogP contribution in [0.3, 0.4) is 0 Å². The fourth-order valence-corrected chi connectivity index (χ4v) is 4.10. The molecule has 35 heavy (non-hydrogen) atoms. The summed E-state index contributed by atoms with van der Waals surface area (Å²) in [4.78, 5) is 41.6. The summed E-state index contributed by atoms with van der Waals surface area (Å²) in [5, 5.41) is 2.74. The van der Waals surface area contributed by atoms with Gasteiger partial charge in [0.15, 0.2) is 0 Å². The molecule has 3 rings (SSSR count). The summed E-state index contributed by atoms with van der Waals surface area (Å²) >= 11 is 0. The van der Waals surface area contributed by atoms with E-state index in [9.17, 15) is 18.8 Å². The molecule has 0 aromatic heterocycles. The van der Waals surface area contributed by atoms with E-state index in [1.54, 1.807) is 42.2 Å². The number of nitrogens with zero attached hydrogens (tertiary/aromatic N) is 2. The Balaban J connectivity index is 1.93. The number of hydrogen-bond donors (Lipinski definition) is 1. The van der Waals surface area contributed by atoms with Crippen LogP contribution in [0, 0.1) is 11.7 Å². The SMILES string of the molecule is CO[C@H]1CN(C)C(=O)c2cc(NC(=O)c3ccc(F)cc3)ccc2OC[C@H](C)N(C(C)=O)C[C@H]1C. The molecular weight excluding hydrogens is 453 g/mol. The molecule has 1 heterocycles. The number of benzene rings is 2. The second-order valence-electron chi connectivity index (χ2n) is 8.94. The molecule has 2 aromatic rings. The summed E-state index contributed by atoms with van der Waals surface area (Å²) in [6.45, 7) is 6.38. The number of likely N-dealkylation sites (N-methyl/N-ethyl adjacent to an activating group) is 1. The number of rotatable bonds is 3. The maximum Gasteiger partial charge on any atom is 0.257 e. The third kappa shape index (κ3) is 6.36. The molecule has 2 aromatic carbocycles. The first-order chi connectivity index (χ1) is 16.6. The average Bonchev–Trinajstić information content (AvgIpc) is 2.83. The van der Waals surface area contributed by atoms with Crippen LogP contribution in [0.2, 0.25) is 0 Å². The van der Waals surface area contributed by atoms with Crippen molar-refractivity contribution in [3.05, 3.63) is 59.4 Å². The van der Waals surface area contributed by atoms with Crippen LogP contribution in [0.25, 0.3) is 0 Å². The average molecular weight is 486 g/mol. The summed E-state index contributed by atoms with van der Waals surface area (Å²) in [7, 11) is 3.26. The molecule has 0 saturated carbocycles. The Bertz CT molecular complexity index is 1080. The van der Waals surface area contributed by atoms with Gasteiger partial charge in [0, 0.05) is 51.3 Å². The molecule has 1 aliphatic heterocycles. The van der Waals surface area contributed by atoms with Crippen LogP contribution in [-0.4, -0.2) is 73.5 Å². The number of carbonyl (C=O) groups excluding carboxylic acids is 3. The van der Waals surface area contributed by atoms with Crippen LogP contribution >= 0.6 is 0 Å². The summed E-state index contributed by atoms with van der Waals surface area (Å²) < 4.78 is 24.8. The van der Waals surface area contributed by atoms with E-state index in [0.29, 0.717) is 24.5 Å². The first kappa shape index (κ1) is 26.2. The van der Waals surface area contributed by atoms with E-state index >= 15 is 0 Å². The molecule has 0 aliphatic carbocycles. The van der Waals surface area contributed by atoms with Crippen molar-refractivity contribution >= 4 is 23.4 Å². The van der Waals surface area contributed by atoms with E-state index in [1.807, 2.05) is 13.8 Å². The highest BCUT2D eigenvalue weighted by Crippen LogP contribution is 2.27. The van der Waals surface area contributed by atoms with Crippen LogP contribution in [0.15, 0.2) is 42.5 Å². The Kier molecular flexibility index (Phi) is 8.45. The highest BCUT2D eigenvalue weighted by molar-refractivity contribution is 6.05. The van der Waals surface area contributed by atoms with Gasteiger partial charge in [-0.2, -0.15) is 0 Å². The van der Waals surface area contributed by atoms with E-state index in [2.05, 4.69) is 5.32 Å². The number of carbonyl (C=O) groups is 3. The standard InChI is InChI=1S/C26H32FN3O5/c1-16-13-30(18(3)31)17(2)15-35-23-11-10-21(28-25(32)19-6-8-20(27)9-7-19)12-22(23)26(33)29(4)14-24(16)34-5/h6-12,16-17,24H,13-15H2,1-5H3,(H,28,32)/t16-,17+,24+/m1/s1. The zero-order valence-corrected chi connectivity index (χ0v) is 20.7. The molecule has 3 atom stereocenters. The summed E-state index contributed by atoms with van der Waals surface area (Å²) in [5.41, 5.74) is 0.952. The Hall–Kier alpha value is -3.46. The van der Waals surface area contributed by atoms with Gasteiger partial charge >= 0.3 is 0 Å². The highest BCUT2D eigenvalue weighted by atomic mass is 19.1. The van der Waals surface area contributed by atoms with Gasteiger partial charge in [-0.1, -0.05) is 6.92 Å². The third-order valence-corrected chi connectivity index (χ3v) is 6.21. The van der Waals surface area contributed by atoms with E-state index < -0.39 is 11.7 Å². The van der Waals surface area contributed by atoms with Gasteiger partial charge in [-0.3, -0.25) is 14.4 Å². The van der Waals surface area contributed by atoms with Crippen molar-refractivity contribution < 1.29 is 28.2 Å². The number of anilines is 1. The molecule has 3 amide bonds. The van der Waals surface area contributed by atoms with E-state index in [0.717, 1.165) is 0 Å². The van der Waals surface area contributed by atoms with Crippen molar-refractivity contribution in [3.8, 4) is 5.75 Å². The molecule has 0 saturated heterocycles. The highest BCUT2D eigenvalue weighted by Gasteiger charge is 2.29. The maximum absolute atomic E-state index is 13.4. The maximum atomic E-state index is 13.4. The zero-order chi connectivity index (χ0) is 25.7. The minimum atomic E-state index is -0.437. The van der Waals surface area contributed by atoms with Gasteiger partial charge in [-0.05, 0) is 49.4 Å². The molecule has 1 aliphatic rings. The van der Waals surface area contributed by atoms with Crippen LogP contribution < -0.4 is 10.1 Å². The van der Waals surface area contributed by atoms with Gasteiger partial charge in [0.1, 0.15) is 18.2 Å². The van der Waals surface area contributed by atoms with Crippen LogP contribution in [0.5, 0.6) is 5.75 Å². The van der Waals surface area contributed by atoms with E-state index in [-0.39, 0.29) is 47.6 Å². The summed E-state index contributed by atoms with van der Waals surface area (Å²) in [5.74, 6) is -0.902. The van der Waals surface area contributed by atoms with Crippen molar-refractivity contribution in [1.29, 1.82) is 0 Å². The molecule has 8 nitrogen and oxygen atoms in total. The lowest BCUT2D eigenvalue weighted by Crippen LogP contribution is -2.48. The lowest BCUT2D eigenvalue weighted by atomic mass is 10.0. The Morgan fingerprint density at radius 1 is 1.11 bits per heavy atom. The number of hydrogen-bond acceptors (Lipinski definition) is 5. The van der Waals surface area contributed by atoms with Crippen molar-refractivity contribution in [2.24, 2.45) is 5.92 Å². The van der Waals surface area contributed by atoms with E-state index in [1.165, 1.54) is 31.2 Å². The van der Waals surface area contributed by atoms with Gasteiger partial charge in [-0.15, -0.1) is 0 Å². The predicted molar refractivity (Wildman–Crippen MR) is 130 cm³/mol. The first-order valence-corrected chi connectivity index (χ1v) is 11.5. The van der Waals surface area contributed by atoms with Gasteiger partial charge in [-0.25, -0.2) is 4.39 Å². The number of ether oxygens (including phenoxy) is 2. The molecule has 1 N–H and O–H groups in total. The quantitative estimate of drug-likeness (QED) is 0.720. The van der Waals surface area contributed by atoms with Crippen molar-refractivity contribution in [2.75, 3.05) is 39.2 Å². The van der Waals surface area contributed by atoms with Gasteiger partial charge < -0.3 is 24.6 Å². The molecule has 0 radical (unpaired) electrons. The lowest BCUT2D eigenvalue weighted by molar-refractivity contribution is -0.133. The second kappa shape index (κ2) is 11.3. The van der Waals surface area contributed by atoms with Crippen LogP contribution in [-0.2, 0) is 9.53 Å². The monoisotopic (exact) mass is 485 g/mol.